The van der Waals surface area contributed by atoms with E-state index in [2.05, 4.69) is 12.2 Å². The Labute approximate surface area is 119 Å². The third-order valence-electron chi connectivity index (χ3n) is 3.06. The van der Waals surface area contributed by atoms with Gasteiger partial charge in [0.25, 0.3) is 0 Å². The summed E-state index contributed by atoms with van der Waals surface area (Å²) in [4.78, 5) is 12.0. The Balaban J connectivity index is 2.47. The smallest absolute Gasteiger partial charge is 0.326 e. The molecule has 0 radical (unpaired) electrons. The largest absolute Gasteiger partial charge is 0.468 e. The summed E-state index contributed by atoms with van der Waals surface area (Å²) < 4.78 is 10.4. The third kappa shape index (κ3) is 4.91. The van der Waals surface area contributed by atoms with Gasteiger partial charge in [-0.2, -0.15) is 11.8 Å². The molecular formula is C14H23NO3S. The first-order valence-electron chi connectivity index (χ1n) is 6.52. The lowest BCUT2D eigenvalue weighted by Gasteiger charge is -2.29. The fourth-order valence-electron chi connectivity index (χ4n) is 1.83. The van der Waals surface area contributed by atoms with Gasteiger partial charge in [-0.15, -0.1) is 0 Å². The predicted octanol–water partition coefficient (Wildman–Crippen LogP) is 2.83. The van der Waals surface area contributed by atoms with Gasteiger partial charge >= 0.3 is 5.97 Å². The molecule has 19 heavy (non-hydrogen) atoms. The zero-order chi connectivity index (χ0) is 14.3. The van der Waals surface area contributed by atoms with E-state index in [0.29, 0.717) is 18.3 Å². The van der Waals surface area contributed by atoms with E-state index in [-0.39, 0.29) is 5.97 Å². The van der Waals surface area contributed by atoms with Crippen LogP contribution in [0.1, 0.15) is 33.0 Å². The van der Waals surface area contributed by atoms with Crippen LogP contribution in [0.3, 0.4) is 0 Å². The molecule has 1 aromatic heterocycles. The molecule has 4 nitrogen and oxygen atoms in total. The molecule has 0 amide bonds. The number of hydrogen-bond donors (Lipinski definition) is 1. The first-order valence-corrected chi connectivity index (χ1v) is 7.57. The van der Waals surface area contributed by atoms with Crippen LogP contribution in [0.4, 0.5) is 0 Å². The molecule has 5 heteroatoms. The number of furan rings is 1. The second-order valence-electron chi connectivity index (χ2n) is 4.71. The molecular weight excluding hydrogens is 262 g/mol. The average Bonchev–Trinajstić information content (AvgIpc) is 2.89. The molecule has 1 rings (SSSR count). The van der Waals surface area contributed by atoms with Crippen molar-refractivity contribution in [1.82, 2.24) is 5.32 Å². The van der Waals surface area contributed by atoms with Crippen molar-refractivity contribution in [2.24, 2.45) is 0 Å². The van der Waals surface area contributed by atoms with Crippen LogP contribution in [-0.4, -0.2) is 30.4 Å². The molecule has 0 aliphatic carbocycles. The van der Waals surface area contributed by atoms with Gasteiger partial charge in [-0.3, -0.25) is 4.79 Å². The SMILES string of the molecule is CCOC(=O)C(C)(CC(C)SCc1ccco1)NC. The quantitative estimate of drug-likeness (QED) is 0.744. The Bertz CT molecular complexity index is 380. The van der Waals surface area contributed by atoms with Crippen LogP contribution in [0.2, 0.25) is 0 Å². The van der Waals surface area contributed by atoms with E-state index in [9.17, 15) is 4.79 Å². The van der Waals surface area contributed by atoms with Crippen molar-refractivity contribution < 1.29 is 13.9 Å². The van der Waals surface area contributed by atoms with Gasteiger partial charge in [0.1, 0.15) is 11.3 Å². The number of carbonyl (C=O) groups is 1. The molecule has 108 valence electrons. The van der Waals surface area contributed by atoms with Crippen molar-refractivity contribution in [3.8, 4) is 0 Å². The van der Waals surface area contributed by atoms with Crippen LogP contribution in [0.15, 0.2) is 22.8 Å². The Morgan fingerprint density at radius 2 is 2.37 bits per heavy atom. The number of ether oxygens (including phenoxy) is 1. The Hall–Kier alpha value is -0.940. The topological polar surface area (TPSA) is 51.5 Å². The summed E-state index contributed by atoms with van der Waals surface area (Å²) in [7, 11) is 1.79. The van der Waals surface area contributed by atoms with Crippen LogP contribution in [-0.2, 0) is 15.3 Å². The zero-order valence-electron chi connectivity index (χ0n) is 12.1. The first kappa shape index (κ1) is 16.1. The van der Waals surface area contributed by atoms with Gasteiger partial charge in [0.2, 0.25) is 0 Å². The van der Waals surface area contributed by atoms with Gasteiger partial charge in [-0.05, 0) is 39.4 Å². The first-order chi connectivity index (χ1) is 9.01. The van der Waals surface area contributed by atoms with Gasteiger partial charge in [-0.25, -0.2) is 0 Å². The third-order valence-corrected chi connectivity index (χ3v) is 4.25. The second kappa shape index (κ2) is 7.60. The molecule has 0 aromatic carbocycles. The van der Waals surface area contributed by atoms with Crippen molar-refractivity contribution in [3.63, 3.8) is 0 Å². The highest BCUT2D eigenvalue weighted by Crippen LogP contribution is 2.25. The molecule has 0 saturated heterocycles. The second-order valence-corrected chi connectivity index (χ2v) is 6.13. The number of hydrogen-bond acceptors (Lipinski definition) is 5. The minimum absolute atomic E-state index is 0.192. The Kier molecular flexibility index (Phi) is 6.45. The number of carbonyl (C=O) groups excluding carboxylic acids is 1. The average molecular weight is 285 g/mol. The van der Waals surface area contributed by atoms with Gasteiger partial charge < -0.3 is 14.5 Å². The van der Waals surface area contributed by atoms with E-state index in [1.165, 1.54) is 0 Å². The molecule has 0 saturated carbocycles. The minimum Gasteiger partial charge on any atom is -0.468 e. The minimum atomic E-state index is -0.633. The Morgan fingerprint density at radius 1 is 1.63 bits per heavy atom. The van der Waals surface area contributed by atoms with Crippen molar-refractivity contribution in [1.29, 1.82) is 0 Å². The summed E-state index contributed by atoms with van der Waals surface area (Å²) in [6.07, 6.45) is 2.39. The number of nitrogens with one attached hydrogen (secondary N) is 1. The van der Waals surface area contributed by atoms with E-state index < -0.39 is 5.54 Å². The van der Waals surface area contributed by atoms with Gasteiger partial charge in [-0.1, -0.05) is 6.92 Å². The van der Waals surface area contributed by atoms with Gasteiger partial charge in [0, 0.05) is 5.25 Å². The van der Waals surface area contributed by atoms with Crippen LogP contribution in [0.5, 0.6) is 0 Å². The van der Waals surface area contributed by atoms with E-state index in [1.807, 2.05) is 26.0 Å². The maximum Gasteiger partial charge on any atom is 0.326 e. The standard InChI is InChI=1S/C14H23NO3S/c1-5-17-13(16)14(3,15-4)9-11(2)19-10-12-7-6-8-18-12/h6-8,11,15H,5,9-10H2,1-4H3. The Morgan fingerprint density at radius 3 is 2.89 bits per heavy atom. The van der Waals surface area contributed by atoms with Crippen LogP contribution in [0, 0.1) is 0 Å². The maximum atomic E-state index is 12.0. The molecule has 0 fully saturated rings. The monoisotopic (exact) mass is 285 g/mol. The lowest BCUT2D eigenvalue weighted by atomic mass is 9.96. The molecule has 0 bridgehead atoms. The number of likely N-dealkylation sites (N-methyl/N-ethyl adjacent to an activating group) is 1. The molecule has 0 aliphatic rings. The highest BCUT2D eigenvalue weighted by atomic mass is 32.2. The number of esters is 1. The number of thioether (sulfide) groups is 1. The highest BCUT2D eigenvalue weighted by molar-refractivity contribution is 7.99. The summed E-state index contributed by atoms with van der Waals surface area (Å²) in [6.45, 7) is 6.23. The summed E-state index contributed by atoms with van der Waals surface area (Å²) in [5.74, 6) is 1.58. The van der Waals surface area contributed by atoms with Crippen LogP contribution in [0.25, 0.3) is 0 Å². The lowest BCUT2D eigenvalue weighted by molar-refractivity contribution is -0.150. The van der Waals surface area contributed by atoms with E-state index in [4.69, 9.17) is 9.15 Å². The van der Waals surface area contributed by atoms with Crippen molar-refractivity contribution in [2.75, 3.05) is 13.7 Å². The molecule has 1 N–H and O–H groups in total. The molecule has 1 aromatic rings. The molecule has 0 spiro atoms. The molecule has 2 atom stereocenters. The van der Waals surface area contributed by atoms with Crippen LogP contribution < -0.4 is 5.32 Å². The molecule has 0 aliphatic heterocycles. The van der Waals surface area contributed by atoms with Gasteiger partial charge in [0.15, 0.2) is 0 Å². The molecule has 2 unspecified atom stereocenters. The van der Waals surface area contributed by atoms with Crippen LogP contribution >= 0.6 is 11.8 Å². The zero-order valence-corrected chi connectivity index (χ0v) is 12.9. The van der Waals surface area contributed by atoms with Crippen molar-refractivity contribution in [2.45, 2.75) is 43.7 Å². The van der Waals surface area contributed by atoms with Crippen molar-refractivity contribution >= 4 is 17.7 Å². The van der Waals surface area contributed by atoms with E-state index >= 15 is 0 Å². The van der Waals surface area contributed by atoms with E-state index in [1.54, 1.807) is 25.1 Å². The van der Waals surface area contributed by atoms with Crippen molar-refractivity contribution in [3.05, 3.63) is 24.2 Å². The maximum absolute atomic E-state index is 12.0. The summed E-state index contributed by atoms with van der Waals surface area (Å²) in [6, 6.07) is 3.85. The summed E-state index contributed by atoms with van der Waals surface area (Å²) >= 11 is 1.77. The summed E-state index contributed by atoms with van der Waals surface area (Å²) in [5.41, 5.74) is -0.633. The van der Waals surface area contributed by atoms with Gasteiger partial charge in [0.05, 0.1) is 18.6 Å². The van der Waals surface area contributed by atoms with E-state index in [0.717, 1.165) is 11.5 Å². The normalized spacial score (nSPS) is 15.8. The predicted molar refractivity (Wildman–Crippen MR) is 78.2 cm³/mol. The lowest BCUT2D eigenvalue weighted by Crippen LogP contribution is -2.50. The fraction of sp³-hybridized carbons (Fsp3) is 0.643. The fourth-order valence-corrected chi connectivity index (χ4v) is 2.90. The molecule has 1 heterocycles. The summed E-state index contributed by atoms with van der Waals surface area (Å²) in [5, 5.41) is 3.40. The highest BCUT2D eigenvalue weighted by Gasteiger charge is 2.34. The number of rotatable bonds is 8.